The Balaban J connectivity index is 1.52. The minimum absolute atomic E-state index is 0.134. The van der Waals surface area contributed by atoms with Gasteiger partial charge in [0.2, 0.25) is 0 Å². The first-order chi connectivity index (χ1) is 19.9. The number of para-hydroxylation sites is 1. The maximum absolute atomic E-state index is 13.8. The van der Waals surface area contributed by atoms with Crippen LogP contribution >= 0.6 is 0 Å². The van der Waals surface area contributed by atoms with Crippen LogP contribution in [-0.4, -0.2) is 33.1 Å². The molecule has 9 nitrogen and oxygen atoms in total. The van der Waals surface area contributed by atoms with Crippen molar-refractivity contribution >= 4 is 28.6 Å². The lowest BCUT2D eigenvalue weighted by molar-refractivity contribution is 0.0526. The van der Waals surface area contributed by atoms with Crippen molar-refractivity contribution in [3.05, 3.63) is 130 Å². The molecule has 5 rings (SSSR count). The van der Waals surface area contributed by atoms with Gasteiger partial charge in [0.15, 0.2) is 0 Å². The quantitative estimate of drug-likeness (QED) is 0.225. The normalized spacial score (nSPS) is 11.7. The lowest BCUT2D eigenvalue weighted by atomic mass is 10.1. The van der Waals surface area contributed by atoms with E-state index in [-0.39, 0.29) is 18.7 Å². The summed E-state index contributed by atoms with van der Waals surface area (Å²) in [5.74, 6) is 0.580. The van der Waals surface area contributed by atoms with Gasteiger partial charge in [-0.1, -0.05) is 42.5 Å². The summed E-state index contributed by atoms with van der Waals surface area (Å²) >= 11 is 0. The number of amides is 2. The first kappa shape index (κ1) is 27.4. The van der Waals surface area contributed by atoms with Crippen LogP contribution in [0.25, 0.3) is 10.9 Å². The monoisotopic (exact) mass is 550 g/mol. The fourth-order valence-electron chi connectivity index (χ4n) is 4.62. The van der Waals surface area contributed by atoms with Gasteiger partial charge < -0.3 is 19.4 Å². The number of esters is 1. The molecule has 1 unspecified atom stereocenters. The van der Waals surface area contributed by atoms with Gasteiger partial charge in [0, 0.05) is 5.69 Å². The summed E-state index contributed by atoms with van der Waals surface area (Å²) in [6, 6.07) is 25.8. The Hall–Kier alpha value is -5.18. The zero-order chi connectivity index (χ0) is 28.8. The highest BCUT2D eigenvalue weighted by Gasteiger charge is 2.28. The largest absolute Gasteiger partial charge is 0.467 e. The highest BCUT2D eigenvalue weighted by molar-refractivity contribution is 5.92. The van der Waals surface area contributed by atoms with Crippen LogP contribution in [0.2, 0.25) is 0 Å². The van der Waals surface area contributed by atoms with Crippen LogP contribution in [0.1, 0.15) is 47.4 Å². The number of fused-ring (bicyclic) bond motifs is 1. The number of nitrogens with zero attached hydrogens (tertiary/aromatic N) is 3. The zero-order valence-corrected chi connectivity index (χ0v) is 22.8. The standard InChI is InChI=1S/C32H30N4O5/c1-3-40-31(38)24-15-17-25(18-16-24)33-32(39)35(21-26-12-9-19-41-26)22(2)29-34-28-14-8-7-13-27(28)30(37)36(29)20-23-10-5-4-6-11-23/h4-19,22H,3,20-21H2,1-2H3,(H,33,39). The van der Waals surface area contributed by atoms with E-state index in [1.165, 1.54) is 0 Å². The van der Waals surface area contributed by atoms with E-state index in [0.717, 1.165) is 5.56 Å². The minimum Gasteiger partial charge on any atom is -0.467 e. The number of furan rings is 1. The maximum atomic E-state index is 13.8. The number of benzene rings is 3. The molecule has 41 heavy (non-hydrogen) atoms. The second kappa shape index (κ2) is 12.3. The number of anilines is 1. The van der Waals surface area contributed by atoms with Crippen molar-refractivity contribution < 1.29 is 18.7 Å². The van der Waals surface area contributed by atoms with Crippen LogP contribution in [0.3, 0.4) is 0 Å². The Bertz CT molecular complexity index is 1700. The van der Waals surface area contributed by atoms with E-state index < -0.39 is 18.0 Å². The van der Waals surface area contributed by atoms with Crippen LogP contribution < -0.4 is 10.9 Å². The third-order valence-corrected chi connectivity index (χ3v) is 6.73. The van der Waals surface area contributed by atoms with E-state index >= 15 is 0 Å². The number of ether oxygens (including phenoxy) is 1. The molecule has 3 aromatic carbocycles. The number of nitrogens with one attached hydrogen (secondary N) is 1. The van der Waals surface area contributed by atoms with Crippen molar-refractivity contribution in [3.8, 4) is 0 Å². The fourth-order valence-corrected chi connectivity index (χ4v) is 4.62. The Morgan fingerprint density at radius 1 is 0.976 bits per heavy atom. The van der Waals surface area contributed by atoms with Gasteiger partial charge in [0.1, 0.15) is 11.6 Å². The molecule has 0 fully saturated rings. The van der Waals surface area contributed by atoms with E-state index in [1.807, 2.05) is 49.4 Å². The van der Waals surface area contributed by atoms with Gasteiger partial charge in [-0.05, 0) is 67.9 Å². The smallest absolute Gasteiger partial charge is 0.338 e. The molecule has 0 aliphatic carbocycles. The lowest BCUT2D eigenvalue weighted by Gasteiger charge is -2.30. The molecular weight excluding hydrogens is 520 g/mol. The topological polar surface area (TPSA) is 107 Å². The Labute approximate surface area is 237 Å². The predicted molar refractivity (Wildman–Crippen MR) is 156 cm³/mol. The van der Waals surface area contributed by atoms with Crippen LogP contribution in [0.15, 0.2) is 106 Å². The molecule has 0 saturated carbocycles. The van der Waals surface area contributed by atoms with Crippen LogP contribution in [0, 0.1) is 0 Å². The molecule has 2 aromatic heterocycles. The van der Waals surface area contributed by atoms with Crippen molar-refractivity contribution in [1.29, 1.82) is 0 Å². The van der Waals surface area contributed by atoms with Gasteiger partial charge in [-0.2, -0.15) is 0 Å². The maximum Gasteiger partial charge on any atom is 0.338 e. The molecule has 2 heterocycles. The van der Waals surface area contributed by atoms with Gasteiger partial charge in [0.25, 0.3) is 5.56 Å². The number of carbonyl (C=O) groups excluding carboxylic acids is 2. The van der Waals surface area contributed by atoms with Crippen LogP contribution in [0.5, 0.6) is 0 Å². The highest BCUT2D eigenvalue weighted by Crippen LogP contribution is 2.25. The minimum atomic E-state index is -0.625. The number of rotatable bonds is 9. The third kappa shape index (κ3) is 6.19. The SMILES string of the molecule is CCOC(=O)c1ccc(NC(=O)N(Cc2ccco2)C(C)c2nc3ccccc3c(=O)n2Cc2ccccc2)cc1. The second-order valence-electron chi connectivity index (χ2n) is 9.48. The Kier molecular flexibility index (Phi) is 8.24. The van der Waals surface area contributed by atoms with Crippen molar-refractivity contribution in [2.75, 3.05) is 11.9 Å². The summed E-state index contributed by atoms with van der Waals surface area (Å²) in [6.07, 6.45) is 1.55. The second-order valence-corrected chi connectivity index (χ2v) is 9.48. The number of urea groups is 1. The summed E-state index contributed by atoms with van der Waals surface area (Å²) in [4.78, 5) is 46.0. The van der Waals surface area contributed by atoms with E-state index in [4.69, 9.17) is 14.1 Å². The molecule has 1 N–H and O–H groups in total. The van der Waals surface area contributed by atoms with Gasteiger partial charge in [-0.15, -0.1) is 0 Å². The summed E-state index contributed by atoms with van der Waals surface area (Å²) in [5.41, 5.74) is 2.18. The summed E-state index contributed by atoms with van der Waals surface area (Å²) < 4.78 is 12.2. The number of carbonyl (C=O) groups is 2. The molecule has 208 valence electrons. The van der Waals surface area contributed by atoms with Gasteiger partial charge in [-0.25, -0.2) is 14.6 Å². The molecular formula is C32H30N4O5. The van der Waals surface area contributed by atoms with Gasteiger partial charge in [0.05, 0.1) is 48.5 Å². The molecule has 0 spiro atoms. The van der Waals surface area contributed by atoms with Gasteiger partial charge in [-0.3, -0.25) is 9.36 Å². The molecule has 0 saturated heterocycles. The molecule has 5 aromatic rings. The third-order valence-electron chi connectivity index (χ3n) is 6.73. The Morgan fingerprint density at radius 2 is 1.71 bits per heavy atom. The van der Waals surface area contributed by atoms with E-state index in [0.29, 0.717) is 40.3 Å². The fraction of sp³-hybridized carbons (Fsp3) is 0.188. The first-order valence-electron chi connectivity index (χ1n) is 13.3. The van der Waals surface area contributed by atoms with Gasteiger partial charge >= 0.3 is 12.0 Å². The highest BCUT2D eigenvalue weighted by atomic mass is 16.5. The summed E-state index contributed by atoms with van der Waals surface area (Å²) in [6.45, 7) is 4.28. The lowest BCUT2D eigenvalue weighted by Crippen LogP contribution is -2.39. The molecule has 2 amide bonds. The number of hydrogen-bond acceptors (Lipinski definition) is 6. The zero-order valence-electron chi connectivity index (χ0n) is 22.8. The van der Waals surface area contributed by atoms with Crippen molar-refractivity contribution in [3.63, 3.8) is 0 Å². The average molecular weight is 551 g/mol. The number of hydrogen-bond donors (Lipinski definition) is 1. The van der Waals surface area contributed by atoms with E-state index in [2.05, 4.69) is 5.32 Å². The molecule has 0 bridgehead atoms. The van der Waals surface area contributed by atoms with Crippen LogP contribution in [-0.2, 0) is 17.8 Å². The predicted octanol–water partition coefficient (Wildman–Crippen LogP) is 6.01. The van der Waals surface area contributed by atoms with E-state index in [1.54, 1.807) is 71.2 Å². The number of aromatic nitrogens is 2. The van der Waals surface area contributed by atoms with Crippen LogP contribution in [0.4, 0.5) is 10.5 Å². The molecule has 0 aliphatic rings. The molecule has 1 atom stereocenters. The van der Waals surface area contributed by atoms with E-state index in [9.17, 15) is 14.4 Å². The average Bonchev–Trinajstić information content (AvgIpc) is 3.51. The molecule has 0 radical (unpaired) electrons. The van der Waals surface area contributed by atoms with Crippen molar-refractivity contribution in [1.82, 2.24) is 14.5 Å². The molecule has 9 heteroatoms. The van der Waals surface area contributed by atoms with Crippen molar-refractivity contribution in [2.45, 2.75) is 33.0 Å². The summed E-state index contributed by atoms with van der Waals surface area (Å²) in [7, 11) is 0. The van der Waals surface area contributed by atoms with Crippen molar-refractivity contribution in [2.24, 2.45) is 0 Å². The Morgan fingerprint density at radius 3 is 2.41 bits per heavy atom. The summed E-state index contributed by atoms with van der Waals surface area (Å²) in [5, 5.41) is 3.41. The molecule has 0 aliphatic heterocycles. The first-order valence-corrected chi connectivity index (χ1v) is 13.3.